The number of nitrogens with two attached hydrogens (primary N) is 1. The van der Waals surface area contributed by atoms with Crippen molar-refractivity contribution in [3.8, 4) is 0 Å². The molecule has 1 unspecified atom stereocenters. The van der Waals surface area contributed by atoms with Gasteiger partial charge in [0, 0.05) is 32.7 Å². The van der Waals surface area contributed by atoms with E-state index >= 15 is 0 Å². The van der Waals surface area contributed by atoms with Gasteiger partial charge in [0.15, 0.2) is 11.7 Å². The minimum Gasteiger partial charge on any atom is -0.454 e. The van der Waals surface area contributed by atoms with E-state index in [4.69, 9.17) is 14.9 Å². The summed E-state index contributed by atoms with van der Waals surface area (Å²) in [5, 5.41) is 3.25. The first-order valence-electron chi connectivity index (χ1n) is 7.55. The summed E-state index contributed by atoms with van der Waals surface area (Å²) >= 11 is 0. The van der Waals surface area contributed by atoms with Crippen LogP contribution in [-0.4, -0.2) is 50.1 Å². The number of carbonyl (C=O) groups excluding carboxylic acids is 1. The number of primary amides is 1. The molecule has 1 aromatic rings. The number of likely N-dealkylation sites (tertiary alicyclic amines) is 1. The quantitative estimate of drug-likeness (QED) is 0.400. The van der Waals surface area contributed by atoms with Crippen LogP contribution < -0.4 is 11.1 Å². The lowest BCUT2D eigenvalue weighted by molar-refractivity contribution is 0.0972. The summed E-state index contributed by atoms with van der Waals surface area (Å²) in [6.07, 6.45) is 1.10. The van der Waals surface area contributed by atoms with Gasteiger partial charge in [-0.25, -0.2) is 0 Å². The number of carbonyl (C=O) groups is 1. The molecule has 1 aliphatic heterocycles. The Morgan fingerprint density at radius 2 is 2.35 bits per heavy atom. The summed E-state index contributed by atoms with van der Waals surface area (Å²) in [5.41, 5.74) is 5.17. The molecule has 8 heteroatoms. The molecule has 0 aromatic carbocycles. The van der Waals surface area contributed by atoms with Crippen molar-refractivity contribution in [2.24, 2.45) is 16.6 Å². The van der Waals surface area contributed by atoms with Crippen molar-refractivity contribution < 1.29 is 13.9 Å². The summed E-state index contributed by atoms with van der Waals surface area (Å²) < 4.78 is 10.8. The molecular weight excluding hydrogens is 411 g/mol. The van der Waals surface area contributed by atoms with Crippen molar-refractivity contribution in [2.45, 2.75) is 19.9 Å². The van der Waals surface area contributed by atoms with E-state index in [9.17, 15) is 4.79 Å². The predicted octanol–water partition coefficient (Wildman–Crippen LogP) is 1.43. The van der Waals surface area contributed by atoms with Gasteiger partial charge >= 0.3 is 0 Å². The van der Waals surface area contributed by atoms with Gasteiger partial charge in [0.05, 0.1) is 13.2 Å². The highest BCUT2D eigenvalue weighted by atomic mass is 127. The molecule has 1 fully saturated rings. The van der Waals surface area contributed by atoms with E-state index in [1.165, 1.54) is 0 Å². The van der Waals surface area contributed by atoms with Crippen molar-refractivity contribution in [2.75, 3.05) is 33.4 Å². The molecule has 1 amide bonds. The van der Waals surface area contributed by atoms with Gasteiger partial charge in [0.25, 0.3) is 5.91 Å². The standard InChI is InChI=1S/C15H24N4O3.HI/c1-3-21-10-11-6-7-19(9-11)15(17-2)18-8-12-4-5-13(22-12)14(16)20;/h4-5,11H,3,6-10H2,1-2H3,(H2,16,20)(H,17,18);1H. The average molecular weight is 436 g/mol. The van der Waals surface area contributed by atoms with Crippen LogP contribution >= 0.6 is 24.0 Å². The van der Waals surface area contributed by atoms with Crippen LogP contribution in [0.2, 0.25) is 0 Å². The van der Waals surface area contributed by atoms with Crippen molar-refractivity contribution >= 4 is 35.8 Å². The molecule has 1 aliphatic rings. The van der Waals surface area contributed by atoms with Crippen LogP contribution in [-0.2, 0) is 11.3 Å². The number of aliphatic imine (C=N–C) groups is 1. The molecule has 2 rings (SSSR count). The molecule has 0 saturated carbocycles. The summed E-state index contributed by atoms with van der Waals surface area (Å²) in [7, 11) is 1.76. The maximum atomic E-state index is 11.0. The maximum Gasteiger partial charge on any atom is 0.284 e. The first-order chi connectivity index (χ1) is 10.6. The zero-order chi connectivity index (χ0) is 15.9. The first-order valence-corrected chi connectivity index (χ1v) is 7.55. The fourth-order valence-electron chi connectivity index (χ4n) is 2.55. The van der Waals surface area contributed by atoms with Gasteiger partial charge in [-0.2, -0.15) is 0 Å². The van der Waals surface area contributed by atoms with E-state index in [0.29, 0.717) is 18.2 Å². The van der Waals surface area contributed by atoms with Crippen LogP contribution in [0.3, 0.4) is 0 Å². The number of furan rings is 1. The predicted molar refractivity (Wildman–Crippen MR) is 99.0 cm³/mol. The Hall–Kier alpha value is -1.29. The zero-order valence-electron chi connectivity index (χ0n) is 13.6. The average Bonchev–Trinajstić information content (AvgIpc) is 3.15. The van der Waals surface area contributed by atoms with Gasteiger partial charge in [-0.1, -0.05) is 0 Å². The number of ether oxygens (including phenoxy) is 1. The minimum atomic E-state index is -0.561. The summed E-state index contributed by atoms with van der Waals surface area (Å²) in [6.45, 7) is 5.92. The SMILES string of the molecule is CCOCC1CCN(C(=NC)NCc2ccc(C(N)=O)o2)C1.I. The number of nitrogens with one attached hydrogen (secondary N) is 1. The number of hydrogen-bond acceptors (Lipinski definition) is 4. The molecule has 130 valence electrons. The van der Waals surface area contributed by atoms with Gasteiger partial charge < -0.3 is 25.1 Å². The molecule has 7 nitrogen and oxygen atoms in total. The second-order valence-corrected chi connectivity index (χ2v) is 5.29. The van der Waals surface area contributed by atoms with Gasteiger partial charge in [0.1, 0.15) is 5.76 Å². The van der Waals surface area contributed by atoms with Gasteiger partial charge in [-0.15, -0.1) is 24.0 Å². The molecule has 0 spiro atoms. The highest BCUT2D eigenvalue weighted by molar-refractivity contribution is 14.0. The lowest BCUT2D eigenvalue weighted by Gasteiger charge is -2.21. The number of hydrogen-bond donors (Lipinski definition) is 2. The molecule has 0 aliphatic carbocycles. The lowest BCUT2D eigenvalue weighted by Crippen LogP contribution is -2.39. The van der Waals surface area contributed by atoms with E-state index in [-0.39, 0.29) is 29.7 Å². The van der Waals surface area contributed by atoms with E-state index in [1.54, 1.807) is 19.2 Å². The number of guanidine groups is 1. The van der Waals surface area contributed by atoms with E-state index in [2.05, 4.69) is 15.2 Å². The van der Waals surface area contributed by atoms with Crippen LogP contribution in [0, 0.1) is 5.92 Å². The van der Waals surface area contributed by atoms with Crippen LogP contribution in [0.1, 0.15) is 29.7 Å². The number of amides is 1. The highest BCUT2D eigenvalue weighted by Crippen LogP contribution is 2.17. The Morgan fingerprint density at radius 3 is 2.96 bits per heavy atom. The zero-order valence-corrected chi connectivity index (χ0v) is 15.9. The minimum absolute atomic E-state index is 0. The van der Waals surface area contributed by atoms with Gasteiger partial charge in [-0.3, -0.25) is 9.79 Å². The third-order valence-electron chi connectivity index (χ3n) is 3.68. The summed E-state index contributed by atoms with van der Waals surface area (Å²) in [6, 6.07) is 3.32. The highest BCUT2D eigenvalue weighted by Gasteiger charge is 2.24. The van der Waals surface area contributed by atoms with Crippen LogP contribution in [0.25, 0.3) is 0 Å². The monoisotopic (exact) mass is 436 g/mol. The molecule has 1 atom stereocenters. The maximum absolute atomic E-state index is 11.0. The van der Waals surface area contributed by atoms with Crippen molar-refractivity contribution in [3.05, 3.63) is 23.7 Å². The van der Waals surface area contributed by atoms with Gasteiger partial charge in [-0.05, 0) is 25.5 Å². The molecule has 1 saturated heterocycles. The largest absolute Gasteiger partial charge is 0.454 e. The van der Waals surface area contributed by atoms with E-state index in [0.717, 1.165) is 38.7 Å². The van der Waals surface area contributed by atoms with Crippen molar-refractivity contribution in [3.63, 3.8) is 0 Å². The molecule has 1 aromatic heterocycles. The Bertz CT molecular complexity index is 533. The molecule has 23 heavy (non-hydrogen) atoms. The normalized spacial score (nSPS) is 17.9. The van der Waals surface area contributed by atoms with Crippen LogP contribution in [0.4, 0.5) is 0 Å². The smallest absolute Gasteiger partial charge is 0.284 e. The van der Waals surface area contributed by atoms with E-state index in [1.807, 2.05) is 6.92 Å². The fraction of sp³-hybridized carbons (Fsp3) is 0.600. The third kappa shape index (κ3) is 5.69. The Kier molecular flexibility index (Phi) is 8.38. The molecular formula is C15H25IN4O3. The van der Waals surface area contributed by atoms with E-state index < -0.39 is 5.91 Å². The lowest BCUT2D eigenvalue weighted by atomic mass is 10.1. The summed E-state index contributed by atoms with van der Waals surface area (Å²) in [4.78, 5) is 17.5. The molecule has 2 heterocycles. The Labute approximate surface area is 153 Å². The second kappa shape index (κ2) is 9.76. The number of nitrogens with zero attached hydrogens (tertiary/aromatic N) is 2. The van der Waals surface area contributed by atoms with Crippen LogP contribution in [0.5, 0.6) is 0 Å². The molecule has 3 N–H and O–H groups in total. The Morgan fingerprint density at radius 1 is 1.57 bits per heavy atom. The third-order valence-corrected chi connectivity index (χ3v) is 3.68. The van der Waals surface area contributed by atoms with Crippen molar-refractivity contribution in [1.82, 2.24) is 10.2 Å². The topological polar surface area (TPSA) is 93.1 Å². The Balaban J connectivity index is 0.00000264. The van der Waals surface area contributed by atoms with Crippen molar-refractivity contribution in [1.29, 1.82) is 0 Å². The molecule has 0 radical (unpaired) electrons. The first kappa shape index (κ1) is 19.8. The van der Waals surface area contributed by atoms with Gasteiger partial charge in [0.2, 0.25) is 0 Å². The summed E-state index contributed by atoms with van der Waals surface area (Å²) in [5.74, 6) is 1.64. The number of rotatable bonds is 6. The second-order valence-electron chi connectivity index (χ2n) is 5.29. The fourth-order valence-corrected chi connectivity index (χ4v) is 2.55. The molecule has 0 bridgehead atoms. The number of halogens is 1. The van der Waals surface area contributed by atoms with Crippen LogP contribution in [0.15, 0.2) is 21.5 Å².